The number of hydrogen-bond donors (Lipinski definition) is 1. The number of amides is 1. The second kappa shape index (κ2) is 6.29. The first-order chi connectivity index (χ1) is 8.72. The van der Waals surface area contributed by atoms with Crippen molar-refractivity contribution >= 4 is 17.2 Å². The van der Waals surface area contributed by atoms with E-state index in [2.05, 4.69) is 17.2 Å². The van der Waals surface area contributed by atoms with Crippen LogP contribution >= 0.6 is 11.3 Å². The Kier molecular flexibility index (Phi) is 4.72. The third-order valence-corrected chi connectivity index (χ3v) is 4.21. The molecule has 18 heavy (non-hydrogen) atoms. The highest BCUT2D eigenvalue weighted by Crippen LogP contribution is 2.19. The van der Waals surface area contributed by atoms with E-state index in [9.17, 15) is 4.79 Å². The van der Waals surface area contributed by atoms with Crippen molar-refractivity contribution < 1.29 is 4.79 Å². The summed E-state index contributed by atoms with van der Waals surface area (Å²) < 4.78 is 0. The number of aromatic nitrogens is 1. The Balaban J connectivity index is 2.10. The maximum Gasteiger partial charge on any atom is 0.265 e. The van der Waals surface area contributed by atoms with Crippen LogP contribution < -0.4 is 5.32 Å². The highest BCUT2D eigenvalue weighted by Gasteiger charge is 2.26. The van der Waals surface area contributed by atoms with Crippen LogP contribution in [0.2, 0.25) is 0 Å². The number of aryl methyl sites for hydroxylation is 1. The molecule has 1 aliphatic heterocycles. The summed E-state index contributed by atoms with van der Waals surface area (Å²) in [5, 5.41) is 4.31. The molecule has 1 aromatic rings. The van der Waals surface area contributed by atoms with Gasteiger partial charge in [-0.05, 0) is 39.3 Å². The molecule has 0 saturated carbocycles. The van der Waals surface area contributed by atoms with Gasteiger partial charge in [-0.2, -0.15) is 0 Å². The van der Waals surface area contributed by atoms with Crippen LogP contribution in [0.5, 0.6) is 0 Å². The molecule has 5 heteroatoms. The normalized spacial score (nSPS) is 16.8. The largest absolute Gasteiger partial charge is 0.335 e. The van der Waals surface area contributed by atoms with E-state index in [1.807, 2.05) is 11.8 Å². The van der Waals surface area contributed by atoms with Gasteiger partial charge in [-0.15, -0.1) is 11.3 Å². The topological polar surface area (TPSA) is 45.2 Å². The summed E-state index contributed by atoms with van der Waals surface area (Å²) >= 11 is 1.50. The van der Waals surface area contributed by atoms with Gasteiger partial charge in [0, 0.05) is 12.6 Å². The first-order valence-electron chi connectivity index (χ1n) is 6.66. The Hall–Kier alpha value is -0.940. The molecule has 1 amide bonds. The lowest BCUT2D eigenvalue weighted by Crippen LogP contribution is -2.46. The van der Waals surface area contributed by atoms with Crippen molar-refractivity contribution in [2.24, 2.45) is 0 Å². The quantitative estimate of drug-likeness (QED) is 0.908. The fourth-order valence-electron chi connectivity index (χ4n) is 2.41. The van der Waals surface area contributed by atoms with Crippen LogP contribution in [-0.4, -0.2) is 41.5 Å². The van der Waals surface area contributed by atoms with Crippen molar-refractivity contribution in [1.82, 2.24) is 15.2 Å². The van der Waals surface area contributed by atoms with Gasteiger partial charge in [0.05, 0.1) is 11.2 Å². The molecule has 0 unspecified atom stereocenters. The van der Waals surface area contributed by atoms with E-state index in [-0.39, 0.29) is 5.91 Å². The molecular formula is C13H21N3OS. The molecule has 0 spiro atoms. The molecule has 2 rings (SSSR count). The van der Waals surface area contributed by atoms with Crippen LogP contribution in [0.3, 0.4) is 0 Å². The molecule has 2 heterocycles. The maximum absolute atomic E-state index is 12.5. The molecule has 1 aromatic heterocycles. The lowest BCUT2D eigenvalue weighted by Gasteiger charge is -2.34. The molecule has 4 nitrogen and oxygen atoms in total. The van der Waals surface area contributed by atoms with Crippen LogP contribution in [0.25, 0.3) is 0 Å². The third kappa shape index (κ3) is 3.09. The highest BCUT2D eigenvalue weighted by molar-refractivity contribution is 7.13. The monoisotopic (exact) mass is 267 g/mol. The summed E-state index contributed by atoms with van der Waals surface area (Å²) in [5.41, 5.74) is 0. The summed E-state index contributed by atoms with van der Waals surface area (Å²) in [5.74, 6) is 0.161. The first-order valence-corrected chi connectivity index (χ1v) is 7.48. The molecule has 0 radical (unpaired) electrons. The van der Waals surface area contributed by atoms with E-state index in [1.165, 1.54) is 11.3 Å². The number of thiazole rings is 1. The smallest absolute Gasteiger partial charge is 0.265 e. The molecule has 1 fully saturated rings. The van der Waals surface area contributed by atoms with Gasteiger partial charge in [0.2, 0.25) is 0 Å². The number of rotatable bonds is 4. The lowest BCUT2D eigenvalue weighted by atomic mass is 10.0. The number of carbonyl (C=O) groups excluding carboxylic acids is 1. The number of carbonyl (C=O) groups is 1. The zero-order valence-electron chi connectivity index (χ0n) is 11.1. The Morgan fingerprint density at radius 1 is 1.56 bits per heavy atom. The van der Waals surface area contributed by atoms with E-state index >= 15 is 0 Å². The van der Waals surface area contributed by atoms with Gasteiger partial charge in [-0.25, -0.2) is 4.98 Å². The van der Waals surface area contributed by atoms with Crippen LogP contribution in [0.4, 0.5) is 0 Å². The van der Waals surface area contributed by atoms with Crippen molar-refractivity contribution in [2.75, 3.05) is 19.6 Å². The van der Waals surface area contributed by atoms with Crippen LogP contribution in [0.15, 0.2) is 6.20 Å². The van der Waals surface area contributed by atoms with E-state index in [1.54, 1.807) is 6.20 Å². The van der Waals surface area contributed by atoms with Gasteiger partial charge in [0.1, 0.15) is 4.88 Å². The predicted molar refractivity (Wildman–Crippen MR) is 74.1 cm³/mol. The number of hydrogen-bond acceptors (Lipinski definition) is 4. The van der Waals surface area contributed by atoms with Crippen LogP contribution in [0, 0.1) is 6.92 Å². The molecule has 0 aromatic carbocycles. The first kappa shape index (κ1) is 13.5. The van der Waals surface area contributed by atoms with Crippen molar-refractivity contribution in [3.63, 3.8) is 0 Å². The minimum atomic E-state index is 0.161. The van der Waals surface area contributed by atoms with E-state index in [0.29, 0.717) is 6.04 Å². The Bertz CT molecular complexity index is 399. The van der Waals surface area contributed by atoms with Crippen molar-refractivity contribution in [3.05, 3.63) is 16.1 Å². The molecule has 0 aliphatic carbocycles. The highest BCUT2D eigenvalue weighted by atomic mass is 32.1. The van der Waals surface area contributed by atoms with Gasteiger partial charge in [0.25, 0.3) is 5.91 Å². The summed E-state index contributed by atoms with van der Waals surface area (Å²) in [6, 6.07) is 0.390. The molecule has 1 saturated heterocycles. The van der Waals surface area contributed by atoms with E-state index < -0.39 is 0 Å². The number of piperidine rings is 1. The Morgan fingerprint density at radius 2 is 2.28 bits per heavy atom. The summed E-state index contributed by atoms with van der Waals surface area (Å²) in [6.45, 7) is 6.94. The van der Waals surface area contributed by atoms with Gasteiger partial charge in [-0.3, -0.25) is 4.79 Å². The standard InChI is InChI=1S/C13H21N3OS/c1-3-8-16(11-4-6-14-7-5-11)13(17)12-9-15-10(2)18-12/h9,11,14H,3-8H2,1-2H3. The second-order valence-electron chi connectivity index (χ2n) is 4.72. The SMILES string of the molecule is CCCN(C(=O)c1cnc(C)s1)C1CCNCC1. The number of nitrogens with one attached hydrogen (secondary N) is 1. The molecule has 100 valence electrons. The lowest BCUT2D eigenvalue weighted by molar-refractivity contribution is 0.0647. The minimum absolute atomic E-state index is 0.161. The van der Waals surface area contributed by atoms with Crippen molar-refractivity contribution in [2.45, 2.75) is 39.2 Å². The summed E-state index contributed by atoms with van der Waals surface area (Å²) in [7, 11) is 0. The molecule has 1 aliphatic rings. The van der Waals surface area contributed by atoms with Crippen LogP contribution in [0.1, 0.15) is 40.9 Å². The van der Waals surface area contributed by atoms with Crippen molar-refractivity contribution in [1.29, 1.82) is 0 Å². The zero-order chi connectivity index (χ0) is 13.0. The minimum Gasteiger partial charge on any atom is -0.335 e. The fourth-order valence-corrected chi connectivity index (χ4v) is 3.14. The third-order valence-electron chi connectivity index (χ3n) is 3.31. The second-order valence-corrected chi connectivity index (χ2v) is 5.96. The Labute approximate surface area is 112 Å². The van der Waals surface area contributed by atoms with Gasteiger partial charge in [-0.1, -0.05) is 6.92 Å². The maximum atomic E-state index is 12.5. The number of nitrogens with zero attached hydrogens (tertiary/aromatic N) is 2. The predicted octanol–water partition coefficient (Wildman–Crippen LogP) is 2.06. The fraction of sp³-hybridized carbons (Fsp3) is 0.692. The van der Waals surface area contributed by atoms with Crippen LogP contribution in [-0.2, 0) is 0 Å². The average molecular weight is 267 g/mol. The molecule has 0 atom stereocenters. The van der Waals surface area contributed by atoms with E-state index in [4.69, 9.17) is 0 Å². The molecule has 1 N–H and O–H groups in total. The Morgan fingerprint density at radius 3 is 2.83 bits per heavy atom. The van der Waals surface area contributed by atoms with Crippen molar-refractivity contribution in [3.8, 4) is 0 Å². The summed E-state index contributed by atoms with van der Waals surface area (Å²) in [6.07, 6.45) is 4.84. The zero-order valence-corrected chi connectivity index (χ0v) is 11.9. The summed E-state index contributed by atoms with van der Waals surface area (Å²) in [4.78, 5) is 19.5. The van der Waals surface area contributed by atoms with Gasteiger partial charge < -0.3 is 10.2 Å². The van der Waals surface area contributed by atoms with Gasteiger partial charge in [0.15, 0.2) is 0 Å². The average Bonchev–Trinajstić information content (AvgIpc) is 2.83. The van der Waals surface area contributed by atoms with Gasteiger partial charge >= 0.3 is 0 Å². The molecule has 0 bridgehead atoms. The van der Waals surface area contributed by atoms with E-state index in [0.717, 1.165) is 48.8 Å². The molecular weight excluding hydrogens is 246 g/mol.